The Balaban J connectivity index is 1.80. The summed E-state index contributed by atoms with van der Waals surface area (Å²) >= 11 is 0. The first-order valence-corrected chi connectivity index (χ1v) is 6.92. The number of anilines is 1. The first-order valence-electron chi connectivity index (χ1n) is 6.92. The summed E-state index contributed by atoms with van der Waals surface area (Å²) in [6.07, 6.45) is 0. The second-order valence-electron chi connectivity index (χ2n) is 5.72. The molecule has 3 nitrogen and oxygen atoms in total. The summed E-state index contributed by atoms with van der Waals surface area (Å²) in [6, 6.07) is 8.24. The largest absolute Gasteiger partial charge is 0.399 e. The van der Waals surface area contributed by atoms with Gasteiger partial charge in [-0.15, -0.1) is 0 Å². The molecule has 0 aliphatic carbocycles. The van der Waals surface area contributed by atoms with Crippen LogP contribution in [0.25, 0.3) is 0 Å². The number of hydrogen-bond acceptors (Lipinski definition) is 3. The Morgan fingerprint density at radius 3 is 2.39 bits per heavy atom. The molecule has 1 aliphatic heterocycles. The Labute approximate surface area is 111 Å². The lowest BCUT2D eigenvalue weighted by molar-refractivity contribution is 0.117. The lowest BCUT2D eigenvalue weighted by Crippen LogP contribution is -2.46. The number of rotatable bonds is 4. The van der Waals surface area contributed by atoms with E-state index in [4.69, 9.17) is 5.73 Å². The van der Waals surface area contributed by atoms with E-state index in [9.17, 15) is 0 Å². The van der Waals surface area contributed by atoms with Gasteiger partial charge in [0.25, 0.3) is 0 Å². The molecule has 1 aliphatic rings. The summed E-state index contributed by atoms with van der Waals surface area (Å²) < 4.78 is 0. The Morgan fingerprint density at radius 2 is 1.78 bits per heavy atom. The van der Waals surface area contributed by atoms with Crippen molar-refractivity contribution in [1.82, 2.24) is 9.80 Å². The quantitative estimate of drug-likeness (QED) is 0.827. The lowest BCUT2D eigenvalue weighted by Gasteiger charge is -2.35. The van der Waals surface area contributed by atoms with Crippen molar-refractivity contribution in [2.75, 3.05) is 38.5 Å². The molecule has 0 atom stereocenters. The minimum atomic E-state index is 0.769. The average molecular weight is 247 g/mol. The number of benzene rings is 1. The maximum Gasteiger partial charge on any atom is 0.0317 e. The molecule has 0 saturated carbocycles. The van der Waals surface area contributed by atoms with Gasteiger partial charge in [-0.1, -0.05) is 26.0 Å². The van der Waals surface area contributed by atoms with Crippen molar-refractivity contribution in [2.24, 2.45) is 5.92 Å². The van der Waals surface area contributed by atoms with Crippen molar-refractivity contribution in [1.29, 1.82) is 0 Å². The third-order valence-corrected chi connectivity index (χ3v) is 3.45. The van der Waals surface area contributed by atoms with Crippen LogP contribution in [0.2, 0.25) is 0 Å². The van der Waals surface area contributed by atoms with E-state index in [-0.39, 0.29) is 0 Å². The molecule has 2 N–H and O–H groups in total. The fourth-order valence-corrected chi connectivity index (χ4v) is 2.60. The summed E-state index contributed by atoms with van der Waals surface area (Å²) in [4.78, 5) is 5.09. The molecule has 0 radical (unpaired) electrons. The predicted molar refractivity (Wildman–Crippen MR) is 77.4 cm³/mol. The molecule has 18 heavy (non-hydrogen) atoms. The van der Waals surface area contributed by atoms with E-state index in [1.807, 2.05) is 12.1 Å². The van der Waals surface area contributed by atoms with E-state index < -0.39 is 0 Å². The molecule has 1 fully saturated rings. The van der Waals surface area contributed by atoms with Crippen LogP contribution >= 0.6 is 0 Å². The van der Waals surface area contributed by atoms with Crippen LogP contribution in [0.4, 0.5) is 5.69 Å². The summed E-state index contributed by atoms with van der Waals surface area (Å²) in [5.41, 5.74) is 8.01. The topological polar surface area (TPSA) is 32.5 Å². The normalized spacial score (nSPS) is 18.4. The van der Waals surface area contributed by atoms with E-state index in [1.165, 1.54) is 38.3 Å². The Bertz CT molecular complexity index is 368. The molecule has 1 heterocycles. The summed E-state index contributed by atoms with van der Waals surface area (Å²) in [5, 5.41) is 0. The summed E-state index contributed by atoms with van der Waals surface area (Å²) in [5.74, 6) is 0.769. The molecule has 100 valence electrons. The Kier molecular flexibility index (Phi) is 4.61. The van der Waals surface area contributed by atoms with Gasteiger partial charge >= 0.3 is 0 Å². The number of hydrogen-bond donors (Lipinski definition) is 1. The minimum absolute atomic E-state index is 0.769. The highest BCUT2D eigenvalue weighted by Gasteiger charge is 2.17. The number of nitrogen functional groups attached to an aromatic ring is 1. The molecular weight excluding hydrogens is 222 g/mol. The van der Waals surface area contributed by atoms with Gasteiger partial charge in [-0.25, -0.2) is 0 Å². The molecular formula is C15H25N3. The zero-order valence-electron chi connectivity index (χ0n) is 11.6. The SMILES string of the molecule is CC(C)CN1CCN(Cc2cccc(N)c2)CC1. The van der Waals surface area contributed by atoms with Crippen LogP contribution in [0.3, 0.4) is 0 Å². The van der Waals surface area contributed by atoms with Crippen molar-refractivity contribution in [3.05, 3.63) is 29.8 Å². The van der Waals surface area contributed by atoms with Crippen LogP contribution in [-0.4, -0.2) is 42.5 Å². The first kappa shape index (κ1) is 13.4. The van der Waals surface area contributed by atoms with Gasteiger partial charge in [0.2, 0.25) is 0 Å². The van der Waals surface area contributed by atoms with Gasteiger partial charge in [0.05, 0.1) is 0 Å². The van der Waals surface area contributed by atoms with Gasteiger partial charge in [0.1, 0.15) is 0 Å². The second-order valence-corrected chi connectivity index (χ2v) is 5.72. The highest BCUT2D eigenvalue weighted by Crippen LogP contribution is 2.12. The molecule has 0 amide bonds. The van der Waals surface area contributed by atoms with Crippen LogP contribution < -0.4 is 5.73 Å². The van der Waals surface area contributed by atoms with Crippen LogP contribution in [0.15, 0.2) is 24.3 Å². The highest BCUT2D eigenvalue weighted by molar-refractivity contribution is 5.40. The number of nitrogens with two attached hydrogens (primary N) is 1. The predicted octanol–water partition coefficient (Wildman–Crippen LogP) is 2.04. The maximum atomic E-state index is 5.81. The molecule has 3 heteroatoms. The van der Waals surface area contributed by atoms with Crippen molar-refractivity contribution >= 4 is 5.69 Å². The Morgan fingerprint density at radius 1 is 1.11 bits per heavy atom. The fraction of sp³-hybridized carbons (Fsp3) is 0.600. The maximum absolute atomic E-state index is 5.81. The van der Waals surface area contributed by atoms with Crippen LogP contribution in [-0.2, 0) is 6.54 Å². The summed E-state index contributed by atoms with van der Waals surface area (Å²) in [6.45, 7) is 11.6. The van der Waals surface area contributed by atoms with E-state index in [0.717, 1.165) is 18.2 Å². The molecule has 0 spiro atoms. The zero-order valence-corrected chi connectivity index (χ0v) is 11.6. The van der Waals surface area contributed by atoms with Crippen molar-refractivity contribution < 1.29 is 0 Å². The molecule has 1 aromatic carbocycles. The van der Waals surface area contributed by atoms with Gasteiger partial charge in [0, 0.05) is 45.0 Å². The second kappa shape index (κ2) is 6.21. The van der Waals surface area contributed by atoms with Crippen molar-refractivity contribution in [3.8, 4) is 0 Å². The average Bonchev–Trinajstić information content (AvgIpc) is 2.31. The summed E-state index contributed by atoms with van der Waals surface area (Å²) in [7, 11) is 0. The standard InChI is InChI=1S/C15H25N3/c1-13(2)11-17-6-8-18(9-7-17)12-14-4-3-5-15(16)10-14/h3-5,10,13H,6-9,11-12,16H2,1-2H3. The monoisotopic (exact) mass is 247 g/mol. The Hall–Kier alpha value is -1.06. The van der Waals surface area contributed by atoms with E-state index in [0.29, 0.717) is 0 Å². The third kappa shape index (κ3) is 4.00. The fourth-order valence-electron chi connectivity index (χ4n) is 2.60. The third-order valence-electron chi connectivity index (χ3n) is 3.45. The number of nitrogens with zero attached hydrogens (tertiary/aromatic N) is 2. The van der Waals surface area contributed by atoms with E-state index in [2.05, 4.69) is 35.8 Å². The first-order chi connectivity index (χ1) is 8.63. The van der Waals surface area contributed by atoms with Crippen LogP contribution in [0.1, 0.15) is 19.4 Å². The van der Waals surface area contributed by atoms with Crippen molar-refractivity contribution in [2.45, 2.75) is 20.4 Å². The van der Waals surface area contributed by atoms with Gasteiger partial charge in [-0.3, -0.25) is 4.90 Å². The highest BCUT2D eigenvalue weighted by atomic mass is 15.3. The van der Waals surface area contributed by atoms with Crippen LogP contribution in [0, 0.1) is 5.92 Å². The number of piperazine rings is 1. The van der Waals surface area contributed by atoms with Gasteiger partial charge in [0.15, 0.2) is 0 Å². The molecule has 0 aromatic heterocycles. The smallest absolute Gasteiger partial charge is 0.0317 e. The zero-order chi connectivity index (χ0) is 13.0. The van der Waals surface area contributed by atoms with Crippen LogP contribution in [0.5, 0.6) is 0 Å². The van der Waals surface area contributed by atoms with Crippen molar-refractivity contribution in [3.63, 3.8) is 0 Å². The minimum Gasteiger partial charge on any atom is -0.399 e. The molecule has 1 saturated heterocycles. The van der Waals surface area contributed by atoms with Gasteiger partial charge < -0.3 is 10.6 Å². The molecule has 0 bridgehead atoms. The van der Waals surface area contributed by atoms with Gasteiger partial charge in [-0.05, 0) is 23.6 Å². The van der Waals surface area contributed by atoms with E-state index >= 15 is 0 Å². The van der Waals surface area contributed by atoms with Gasteiger partial charge in [-0.2, -0.15) is 0 Å². The lowest BCUT2D eigenvalue weighted by atomic mass is 10.1. The van der Waals surface area contributed by atoms with E-state index in [1.54, 1.807) is 0 Å². The molecule has 2 rings (SSSR count). The molecule has 1 aromatic rings. The molecule has 0 unspecified atom stereocenters.